The molecule has 1 amide bonds. The van der Waals surface area contributed by atoms with Crippen LogP contribution >= 0.6 is 22.9 Å². The minimum Gasteiger partial charge on any atom is -0.467 e. The number of furan rings is 1. The summed E-state index contributed by atoms with van der Waals surface area (Å²) in [4.78, 5) is 19.7. The number of amides is 1. The van der Waals surface area contributed by atoms with E-state index in [0.29, 0.717) is 28.0 Å². The van der Waals surface area contributed by atoms with Crippen LogP contribution in [0.2, 0.25) is 5.02 Å². The Bertz CT molecular complexity index is 1090. The van der Waals surface area contributed by atoms with Gasteiger partial charge in [0.05, 0.1) is 33.6 Å². The number of anilines is 1. The lowest BCUT2D eigenvalue weighted by molar-refractivity contribution is 0.0983. The zero-order valence-electron chi connectivity index (χ0n) is 14.7. The minimum atomic E-state index is -0.200. The topological polar surface area (TPSA) is 46.3 Å². The first-order valence-corrected chi connectivity index (χ1v) is 9.84. The van der Waals surface area contributed by atoms with Crippen molar-refractivity contribution in [1.82, 2.24) is 4.98 Å². The molecule has 2 aromatic heterocycles. The Kier molecular flexibility index (Phi) is 4.97. The van der Waals surface area contributed by atoms with E-state index in [1.54, 1.807) is 41.5 Å². The number of para-hydroxylation sites is 1. The molecule has 4 nitrogen and oxygen atoms in total. The Morgan fingerprint density at radius 1 is 1.15 bits per heavy atom. The van der Waals surface area contributed by atoms with E-state index in [4.69, 9.17) is 21.0 Å². The Hall–Kier alpha value is -2.63. The molecule has 0 radical (unpaired) electrons. The van der Waals surface area contributed by atoms with Gasteiger partial charge in [-0.15, -0.1) is 0 Å². The molecule has 4 aromatic rings. The van der Waals surface area contributed by atoms with Crippen LogP contribution in [-0.4, -0.2) is 10.9 Å². The molecule has 0 aliphatic rings. The number of carbonyl (C=O) groups is 1. The van der Waals surface area contributed by atoms with Crippen LogP contribution in [-0.2, 0) is 13.0 Å². The predicted molar refractivity (Wildman–Crippen MR) is 110 cm³/mol. The summed E-state index contributed by atoms with van der Waals surface area (Å²) in [5.74, 6) is 0.486. The van der Waals surface area contributed by atoms with Crippen molar-refractivity contribution in [2.75, 3.05) is 4.90 Å². The van der Waals surface area contributed by atoms with Gasteiger partial charge < -0.3 is 4.42 Å². The highest BCUT2D eigenvalue weighted by atomic mass is 35.5. The number of aryl methyl sites for hydroxylation is 1. The van der Waals surface area contributed by atoms with Gasteiger partial charge in [-0.3, -0.25) is 9.69 Å². The fourth-order valence-electron chi connectivity index (χ4n) is 2.96. The van der Waals surface area contributed by atoms with Gasteiger partial charge in [0.2, 0.25) is 0 Å². The third-order valence-electron chi connectivity index (χ3n) is 4.35. The summed E-state index contributed by atoms with van der Waals surface area (Å²) < 4.78 is 6.53. The van der Waals surface area contributed by atoms with Crippen molar-refractivity contribution in [2.45, 2.75) is 19.9 Å². The lowest BCUT2D eigenvalue weighted by atomic mass is 10.1. The molecule has 2 heterocycles. The van der Waals surface area contributed by atoms with Gasteiger partial charge in [0, 0.05) is 0 Å². The summed E-state index contributed by atoms with van der Waals surface area (Å²) in [5.41, 5.74) is 2.55. The molecule has 0 aliphatic heterocycles. The van der Waals surface area contributed by atoms with E-state index in [9.17, 15) is 4.79 Å². The van der Waals surface area contributed by atoms with Crippen molar-refractivity contribution >= 4 is 44.2 Å². The van der Waals surface area contributed by atoms with Crippen LogP contribution in [0.5, 0.6) is 0 Å². The van der Waals surface area contributed by atoms with Crippen LogP contribution in [0.15, 0.2) is 65.3 Å². The second kappa shape index (κ2) is 7.55. The second-order valence-electron chi connectivity index (χ2n) is 6.06. The smallest absolute Gasteiger partial charge is 0.262 e. The number of thiazole rings is 1. The summed E-state index contributed by atoms with van der Waals surface area (Å²) in [7, 11) is 0. The number of hydrogen-bond donors (Lipinski definition) is 0. The van der Waals surface area contributed by atoms with Crippen molar-refractivity contribution in [1.29, 1.82) is 0 Å². The van der Waals surface area contributed by atoms with Crippen LogP contribution in [0.3, 0.4) is 0 Å². The van der Waals surface area contributed by atoms with Crippen molar-refractivity contribution in [3.63, 3.8) is 0 Å². The Balaban J connectivity index is 1.81. The number of carbonyl (C=O) groups excluding carboxylic acids is 1. The molecular formula is C21H17ClN2O2S. The van der Waals surface area contributed by atoms with Crippen molar-refractivity contribution < 1.29 is 9.21 Å². The average molecular weight is 397 g/mol. The normalized spacial score (nSPS) is 11.0. The molecule has 0 saturated carbocycles. The van der Waals surface area contributed by atoms with Gasteiger partial charge in [0.1, 0.15) is 5.76 Å². The fourth-order valence-corrected chi connectivity index (χ4v) is 4.19. The molecule has 0 unspecified atom stereocenters. The second-order valence-corrected chi connectivity index (χ2v) is 7.48. The van der Waals surface area contributed by atoms with Crippen LogP contribution in [0, 0.1) is 0 Å². The van der Waals surface area contributed by atoms with E-state index in [-0.39, 0.29) is 5.91 Å². The Morgan fingerprint density at radius 3 is 2.74 bits per heavy atom. The number of nitrogens with zero attached hydrogens (tertiary/aromatic N) is 2. The number of hydrogen-bond acceptors (Lipinski definition) is 4. The number of fused-ring (bicyclic) bond motifs is 1. The highest BCUT2D eigenvalue weighted by Crippen LogP contribution is 2.33. The predicted octanol–water partition coefficient (Wildman–Crippen LogP) is 5.95. The van der Waals surface area contributed by atoms with E-state index in [1.165, 1.54) is 11.3 Å². The number of rotatable bonds is 5. The standard InChI is InChI=1S/C21H17ClN2O2S/c1-2-14-7-5-11-18-19(14)23-21(27-18)24(13-15-8-6-12-26-15)20(25)16-9-3-4-10-17(16)22/h3-12H,2,13H2,1H3. The Labute approximate surface area is 166 Å². The summed E-state index contributed by atoms with van der Waals surface area (Å²) in [6.07, 6.45) is 2.48. The summed E-state index contributed by atoms with van der Waals surface area (Å²) in [6, 6.07) is 16.8. The molecule has 0 spiro atoms. The maximum absolute atomic E-state index is 13.3. The van der Waals surface area contributed by atoms with E-state index in [2.05, 4.69) is 13.0 Å². The zero-order valence-corrected chi connectivity index (χ0v) is 16.3. The van der Waals surface area contributed by atoms with E-state index >= 15 is 0 Å². The molecular weight excluding hydrogens is 380 g/mol. The monoisotopic (exact) mass is 396 g/mol. The molecule has 0 bridgehead atoms. The van der Waals surface area contributed by atoms with Crippen molar-refractivity contribution in [3.8, 4) is 0 Å². The average Bonchev–Trinajstić information content (AvgIpc) is 3.35. The van der Waals surface area contributed by atoms with Gasteiger partial charge in [-0.05, 0) is 42.3 Å². The Morgan fingerprint density at radius 2 is 2.00 bits per heavy atom. The van der Waals surface area contributed by atoms with Crippen LogP contribution < -0.4 is 4.90 Å². The van der Waals surface area contributed by atoms with Crippen LogP contribution in [0.1, 0.15) is 28.6 Å². The fraction of sp³-hybridized carbons (Fsp3) is 0.143. The van der Waals surface area contributed by atoms with Gasteiger partial charge in [0.25, 0.3) is 5.91 Å². The first-order valence-electron chi connectivity index (χ1n) is 8.64. The first-order chi connectivity index (χ1) is 13.2. The van der Waals surface area contributed by atoms with Crippen molar-refractivity contribution in [2.24, 2.45) is 0 Å². The molecule has 4 rings (SSSR count). The summed E-state index contributed by atoms with van der Waals surface area (Å²) in [6.45, 7) is 2.39. The van der Waals surface area contributed by atoms with E-state index in [0.717, 1.165) is 22.2 Å². The highest BCUT2D eigenvalue weighted by Gasteiger charge is 2.24. The molecule has 0 atom stereocenters. The lowest BCUT2D eigenvalue weighted by Crippen LogP contribution is -2.30. The first kappa shape index (κ1) is 17.8. The maximum atomic E-state index is 13.3. The van der Waals surface area contributed by atoms with Crippen LogP contribution in [0.4, 0.5) is 5.13 Å². The minimum absolute atomic E-state index is 0.200. The highest BCUT2D eigenvalue weighted by molar-refractivity contribution is 7.22. The van der Waals surface area contributed by atoms with Gasteiger partial charge >= 0.3 is 0 Å². The quantitative estimate of drug-likeness (QED) is 0.418. The lowest BCUT2D eigenvalue weighted by Gasteiger charge is -2.19. The van der Waals surface area contributed by atoms with E-state index in [1.807, 2.05) is 18.2 Å². The summed E-state index contributed by atoms with van der Waals surface area (Å²) >= 11 is 7.77. The van der Waals surface area contributed by atoms with Gasteiger partial charge in [0.15, 0.2) is 5.13 Å². The molecule has 0 fully saturated rings. The van der Waals surface area contributed by atoms with Gasteiger partial charge in [-0.1, -0.05) is 54.1 Å². The summed E-state index contributed by atoms with van der Waals surface area (Å²) in [5, 5.41) is 1.05. The molecule has 27 heavy (non-hydrogen) atoms. The van der Waals surface area contributed by atoms with Gasteiger partial charge in [-0.2, -0.15) is 0 Å². The number of aromatic nitrogens is 1. The largest absolute Gasteiger partial charge is 0.467 e. The van der Waals surface area contributed by atoms with E-state index < -0.39 is 0 Å². The molecule has 0 aliphatic carbocycles. The number of benzene rings is 2. The molecule has 0 saturated heterocycles. The molecule has 0 N–H and O–H groups in total. The third-order valence-corrected chi connectivity index (χ3v) is 5.72. The van der Waals surface area contributed by atoms with Crippen molar-refractivity contribution in [3.05, 3.63) is 82.8 Å². The molecule has 6 heteroatoms. The molecule has 2 aromatic carbocycles. The number of halogens is 1. The third kappa shape index (κ3) is 3.48. The van der Waals surface area contributed by atoms with Gasteiger partial charge in [-0.25, -0.2) is 4.98 Å². The maximum Gasteiger partial charge on any atom is 0.262 e. The van der Waals surface area contributed by atoms with Crippen LogP contribution in [0.25, 0.3) is 10.2 Å². The molecule has 136 valence electrons. The SMILES string of the molecule is CCc1cccc2sc(N(Cc3ccco3)C(=O)c3ccccc3Cl)nc12. The zero-order chi connectivity index (χ0) is 18.8.